The Morgan fingerprint density at radius 3 is 2.35 bits per heavy atom. The third-order valence-electron chi connectivity index (χ3n) is 6.93. The third-order valence-corrected chi connectivity index (χ3v) is 9.52. The van der Waals surface area contributed by atoms with Gasteiger partial charge in [-0.1, -0.05) is 76.6 Å². The van der Waals surface area contributed by atoms with E-state index in [4.69, 9.17) is 4.98 Å². The number of fused-ring (bicyclic) bond motifs is 2. The minimum atomic E-state index is -4.06. The average molecular weight is 718 g/mol. The van der Waals surface area contributed by atoms with E-state index in [-0.39, 0.29) is 21.7 Å². The van der Waals surface area contributed by atoms with Crippen molar-refractivity contribution in [1.29, 1.82) is 0 Å². The number of sulfonamides is 1. The number of alkyl halides is 1. The summed E-state index contributed by atoms with van der Waals surface area (Å²) < 4.78 is 33.6. The molecule has 214 valence electrons. The predicted molar refractivity (Wildman–Crippen MR) is 175 cm³/mol. The molecule has 3 aromatic carbocycles. The molecule has 5 aromatic rings. The number of anilines is 2. The Hall–Kier alpha value is -4.33. The number of rotatable bonds is 6. The molecule has 2 N–H and O–H groups in total. The molecule has 13 heteroatoms. The van der Waals surface area contributed by atoms with Crippen LogP contribution in [0.15, 0.2) is 122 Å². The summed E-state index contributed by atoms with van der Waals surface area (Å²) in [5.74, 6) is 0.890. The minimum Gasteiger partial charge on any atom is -0.362 e. The molecule has 2 aromatic heterocycles. The molecule has 0 spiro atoms. The standard InChI is InChI=1S/C30H22Br2N8O2S/c31-23-17-33-39-27(15-25(36-29(23)39)19-7-3-1-4-8-19)35-21-11-13-22(14-12-21)43(41,42)38-28-16-26(20-9-5-2-6-10-20)37-30-24(32)18-34-40(28)30/h1-18,24,30,35,37H/b38-28+. The number of nitrogens with zero attached hydrogens (tertiary/aromatic N) is 6. The van der Waals surface area contributed by atoms with Gasteiger partial charge in [-0.2, -0.15) is 23.1 Å². The van der Waals surface area contributed by atoms with Gasteiger partial charge in [-0.05, 0) is 45.8 Å². The highest BCUT2D eigenvalue weighted by Crippen LogP contribution is 2.30. The van der Waals surface area contributed by atoms with E-state index in [0.717, 1.165) is 27.0 Å². The second kappa shape index (κ2) is 11.1. The number of hydrogen-bond acceptors (Lipinski definition) is 7. The molecule has 10 nitrogen and oxygen atoms in total. The van der Waals surface area contributed by atoms with Crippen molar-refractivity contribution in [3.8, 4) is 11.3 Å². The van der Waals surface area contributed by atoms with Crippen molar-refractivity contribution in [1.82, 2.24) is 24.9 Å². The van der Waals surface area contributed by atoms with Gasteiger partial charge in [0.15, 0.2) is 11.5 Å². The van der Waals surface area contributed by atoms with Crippen LogP contribution in [0.2, 0.25) is 0 Å². The van der Waals surface area contributed by atoms with E-state index in [1.807, 2.05) is 66.7 Å². The average Bonchev–Trinajstić information content (AvgIpc) is 3.60. The van der Waals surface area contributed by atoms with E-state index in [2.05, 4.69) is 57.1 Å². The molecule has 2 aliphatic rings. The third kappa shape index (κ3) is 5.35. The summed E-state index contributed by atoms with van der Waals surface area (Å²) in [6.45, 7) is 0. The van der Waals surface area contributed by atoms with Gasteiger partial charge < -0.3 is 10.6 Å². The molecule has 0 radical (unpaired) electrons. The maximum absolute atomic E-state index is 13.5. The van der Waals surface area contributed by atoms with Gasteiger partial charge in [0.25, 0.3) is 10.0 Å². The van der Waals surface area contributed by atoms with E-state index in [9.17, 15) is 8.42 Å². The normalized spacial score (nSPS) is 18.9. The second-order valence-electron chi connectivity index (χ2n) is 9.76. The highest BCUT2D eigenvalue weighted by molar-refractivity contribution is 9.10. The first-order valence-corrected chi connectivity index (χ1v) is 16.3. The number of amidine groups is 1. The van der Waals surface area contributed by atoms with E-state index < -0.39 is 10.0 Å². The van der Waals surface area contributed by atoms with Crippen LogP contribution in [0.25, 0.3) is 22.6 Å². The van der Waals surface area contributed by atoms with Crippen LogP contribution in [-0.4, -0.2) is 51.1 Å². The zero-order valence-corrected chi connectivity index (χ0v) is 26.2. The first kappa shape index (κ1) is 27.5. The van der Waals surface area contributed by atoms with Gasteiger partial charge in [0.2, 0.25) is 0 Å². The van der Waals surface area contributed by atoms with Crippen molar-refractivity contribution < 1.29 is 8.42 Å². The first-order chi connectivity index (χ1) is 20.9. The van der Waals surface area contributed by atoms with Gasteiger partial charge in [0, 0.05) is 35.3 Å². The summed E-state index contributed by atoms with van der Waals surface area (Å²) in [5.41, 5.74) is 4.72. The zero-order valence-electron chi connectivity index (χ0n) is 22.2. The number of hydrogen-bond donors (Lipinski definition) is 2. The lowest BCUT2D eigenvalue weighted by atomic mass is 10.1. The summed E-state index contributed by atoms with van der Waals surface area (Å²) in [7, 11) is -4.06. The SMILES string of the molecule is O=S(=O)(/N=C1\C=C(c2ccccc2)NC2C(Br)C=NN12)c1ccc(Nc2cc(-c3ccccc3)nc3c(Br)cnn23)cc1. The molecule has 2 atom stereocenters. The molecule has 4 heterocycles. The van der Waals surface area contributed by atoms with E-state index in [1.54, 1.807) is 40.1 Å². The van der Waals surface area contributed by atoms with E-state index in [1.165, 1.54) is 12.1 Å². The van der Waals surface area contributed by atoms with Crippen LogP contribution in [0.1, 0.15) is 5.56 Å². The van der Waals surface area contributed by atoms with E-state index in [0.29, 0.717) is 17.2 Å². The van der Waals surface area contributed by atoms with Crippen molar-refractivity contribution >= 4 is 76.8 Å². The van der Waals surface area contributed by atoms with Gasteiger partial charge in [-0.3, -0.25) is 0 Å². The molecule has 2 unspecified atom stereocenters. The maximum atomic E-state index is 13.5. The Balaban J connectivity index is 1.20. The summed E-state index contributed by atoms with van der Waals surface area (Å²) in [5, 5.41) is 17.1. The maximum Gasteiger partial charge on any atom is 0.284 e. The highest BCUT2D eigenvalue weighted by Gasteiger charge is 2.36. The van der Waals surface area contributed by atoms with Gasteiger partial charge in [0.05, 0.1) is 26.1 Å². The Morgan fingerprint density at radius 2 is 1.63 bits per heavy atom. The topological polar surface area (TPSA) is 116 Å². The molecular weight excluding hydrogens is 696 g/mol. The van der Waals surface area contributed by atoms with Crippen molar-refractivity contribution in [3.63, 3.8) is 0 Å². The lowest BCUT2D eigenvalue weighted by Crippen LogP contribution is -2.50. The number of nitrogens with one attached hydrogen (secondary N) is 2. The fourth-order valence-electron chi connectivity index (χ4n) is 4.83. The van der Waals surface area contributed by atoms with Crippen molar-refractivity contribution in [3.05, 3.63) is 113 Å². The Labute approximate surface area is 264 Å². The summed E-state index contributed by atoms with van der Waals surface area (Å²) in [6, 6.07) is 27.9. The number of halogens is 2. The predicted octanol–water partition coefficient (Wildman–Crippen LogP) is 6.02. The van der Waals surface area contributed by atoms with Crippen LogP contribution in [0.4, 0.5) is 11.5 Å². The largest absolute Gasteiger partial charge is 0.362 e. The van der Waals surface area contributed by atoms with Gasteiger partial charge >= 0.3 is 0 Å². The number of hydrazone groups is 1. The fourth-order valence-corrected chi connectivity index (χ4v) is 6.61. The van der Waals surface area contributed by atoms with Gasteiger partial charge in [0.1, 0.15) is 12.0 Å². The monoisotopic (exact) mass is 716 g/mol. The van der Waals surface area contributed by atoms with Crippen LogP contribution in [-0.2, 0) is 10.0 Å². The van der Waals surface area contributed by atoms with Gasteiger partial charge in [-0.25, -0.2) is 9.99 Å². The van der Waals surface area contributed by atoms with Crippen LogP contribution in [0, 0.1) is 0 Å². The smallest absolute Gasteiger partial charge is 0.284 e. The molecule has 0 amide bonds. The molecule has 0 saturated carbocycles. The molecule has 0 fully saturated rings. The Bertz CT molecular complexity index is 2030. The fraction of sp³-hybridized carbons (Fsp3) is 0.0667. The second-order valence-corrected chi connectivity index (χ2v) is 13.3. The Morgan fingerprint density at radius 1 is 0.930 bits per heavy atom. The minimum absolute atomic E-state index is 0.0561. The van der Waals surface area contributed by atoms with E-state index >= 15 is 0 Å². The van der Waals surface area contributed by atoms with Crippen molar-refractivity contribution in [2.24, 2.45) is 9.50 Å². The van der Waals surface area contributed by atoms with Crippen LogP contribution >= 0.6 is 31.9 Å². The zero-order chi connectivity index (χ0) is 29.6. The van der Waals surface area contributed by atoms with Crippen molar-refractivity contribution in [2.45, 2.75) is 15.9 Å². The van der Waals surface area contributed by atoms with Crippen LogP contribution in [0.3, 0.4) is 0 Å². The van der Waals surface area contributed by atoms with Gasteiger partial charge in [-0.15, -0.1) is 4.40 Å². The molecule has 2 aliphatic heterocycles. The van der Waals surface area contributed by atoms with Crippen molar-refractivity contribution in [2.75, 3.05) is 5.32 Å². The summed E-state index contributed by atoms with van der Waals surface area (Å²) in [6.07, 6.45) is 4.77. The Kier molecular flexibility index (Phi) is 7.07. The first-order valence-electron chi connectivity index (χ1n) is 13.2. The lowest BCUT2D eigenvalue weighted by Gasteiger charge is -2.32. The highest BCUT2D eigenvalue weighted by atomic mass is 79.9. The number of benzene rings is 3. The lowest BCUT2D eigenvalue weighted by molar-refractivity contribution is 0.337. The quantitative estimate of drug-likeness (QED) is 0.206. The van der Waals surface area contributed by atoms with Crippen LogP contribution < -0.4 is 10.6 Å². The molecule has 0 aliphatic carbocycles. The molecule has 0 bridgehead atoms. The number of aromatic nitrogens is 3. The molecule has 7 rings (SSSR count). The summed E-state index contributed by atoms with van der Waals surface area (Å²) >= 11 is 7.12. The molecule has 0 saturated heterocycles. The molecular formula is C30H22Br2N8O2S. The summed E-state index contributed by atoms with van der Waals surface area (Å²) in [4.78, 5) is 4.68. The molecule has 43 heavy (non-hydrogen) atoms. The van der Waals surface area contributed by atoms with Crippen LogP contribution in [0.5, 0.6) is 0 Å².